The number of carbonyl (C=O) groups is 1. The molecule has 1 heterocycles. The lowest BCUT2D eigenvalue weighted by molar-refractivity contribution is 0.103. The Labute approximate surface area is 166 Å². The standard InChI is InChI=1S/C15H7Cl5N2OS/c16-5-1-8(19)12-11(2-5)24-14(13(12)20)15(23)22-10-4-6(17)9(21)3-7(10)18/h1-4H,21H2,(H,22,23). The molecule has 3 N–H and O–H groups in total. The first kappa shape index (κ1) is 17.9. The molecule has 2 aromatic carbocycles. The first-order chi connectivity index (χ1) is 11.3. The molecular weight excluding hydrogens is 434 g/mol. The van der Waals surface area contributed by atoms with E-state index in [1.165, 1.54) is 23.5 Å². The summed E-state index contributed by atoms with van der Waals surface area (Å²) in [5.74, 6) is -0.434. The number of halogens is 5. The van der Waals surface area contributed by atoms with Crippen LogP contribution in [0.2, 0.25) is 25.1 Å². The number of nitrogens with one attached hydrogen (secondary N) is 1. The van der Waals surface area contributed by atoms with Gasteiger partial charge >= 0.3 is 0 Å². The fourth-order valence-electron chi connectivity index (χ4n) is 2.09. The molecule has 1 amide bonds. The van der Waals surface area contributed by atoms with E-state index in [0.717, 1.165) is 0 Å². The number of hydrogen-bond acceptors (Lipinski definition) is 3. The molecule has 0 aliphatic heterocycles. The quantitative estimate of drug-likeness (QED) is 0.421. The lowest BCUT2D eigenvalue weighted by Gasteiger charge is -2.08. The van der Waals surface area contributed by atoms with Crippen LogP contribution in [0.5, 0.6) is 0 Å². The summed E-state index contributed by atoms with van der Waals surface area (Å²) in [5, 5.41) is 4.90. The molecule has 124 valence electrons. The zero-order valence-corrected chi connectivity index (χ0v) is 16.2. The molecule has 1 aromatic heterocycles. The van der Waals surface area contributed by atoms with Gasteiger partial charge in [0, 0.05) is 15.1 Å². The van der Waals surface area contributed by atoms with E-state index in [0.29, 0.717) is 36.4 Å². The normalized spacial score (nSPS) is 11.0. The van der Waals surface area contributed by atoms with Gasteiger partial charge in [0.2, 0.25) is 0 Å². The number of benzene rings is 2. The highest BCUT2D eigenvalue weighted by molar-refractivity contribution is 7.21. The number of hydrogen-bond donors (Lipinski definition) is 2. The summed E-state index contributed by atoms with van der Waals surface area (Å²) in [5.41, 5.74) is 6.31. The van der Waals surface area contributed by atoms with E-state index in [9.17, 15) is 4.79 Å². The van der Waals surface area contributed by atoms with Gasteiger partial charge in [-0.05, 0) is 24.3 Å². The van der Waals surface area contributed by atoms with Crippen molar-refractivity contribution in [1.29, 1.82) is 0 Å². The van der Waals surface area contributed by atoms with Crippen molar-refractivity contribution in [2.75, 3.05) is 11.1 Å². The fourth-order valence-corrected chi connectivity index (χ4v) is 4.75. The number of carbonyl (C=O) groups excluding carboxylic acids is 1. The zero-order chi connectivity index (χ0) is 17.6. The van der Waals surface area contributed by atoms with Crippen LogP contribution in [0.15, 0.2) is 24.3 Å². The number of rotatable bonds is 2. The zero-order valence-electron chi connectivity index (χ0n) is 11.6. The summed E-state index contributed by atoms with van der Waals surface area (Å²) in [4.78, 5) is 12.8. The number of anilines is 2. The van der Waals surface area contributed by atoms with E-state index in [4.69, 9.17) is 63.7 Å². The van der Waals surface area contributed by atoms with Crippen molar-refractivity contribution in [3.8, 4) is 0 Å². The minimum atomic E-state index is -0.434. The Bertz CT molecular complexity index is 986. The largest absolute Gasteiger partial charge is 0.397 e. The maximum atomic E-state index is 12.6. The molecule has 9 heteroatoms. The summed E-state index contributed by atoms with van der Waals surface area (Å²) in [6, 6.07) is 6.20. The average molecular weight is 441 g/mol. The summed E-state index contributed by atoms with van der Waals surface area (Å²) in [6.45, 7) is 0. The van der Waals surface area contributed by atoms with E-state index in [1.807, 2.05) is 0 Å². The molecule has 0 bridgehead atoms. The van der Waals surface area contributed by atoms with Gasteiger partial charge < -0.3 is 11.1 Å². The molecular formula is C15H7Cl5N2OS. The van der Waals surface area contributed by atoms with Crippen LogP contribution in [0.1, 0.15) is 9.67 Å². The number of nitrogen functional groups attached to an aromatic ring is 1. The molecule has 0 radical (unpaired) electrons. The van der Waals surface area contributed by atoms with Gasteiger partial charge in [-0.15, -0.1) is 11.3 Å². The summed E-state index contributed by atoms with van der Waals surface area (Å²) < 4.78 is 0.712. The molecule has 3 rings (SSSR count). The van der Waals surface area contributed by atoms with Gasteiger partial charge in [-0.3, -0.25) is 4.79 Å². The highest BCUT2D eigenvalue weighted by Gasteiger charge is 2.20. The van der Waals surface area contributed by atoms with E-state index in [1.54, 1.807) is 12.1 Å². The molecule has 3 aromatic rings. The van der Waals surface area contributed by atoms with Crippen LogP contribution in [0.25, 0.3) is 10.1 Å². The third-order valence-corrected chi connectivity index (χ3v) is 5.97. The SMILES string of the molecule is Nc1cc(Cl)c(NC(=O)c2sc3cc(Cl)cc(Cl)c3c2Cl)cc1Cl. The highest BCUT2D eigenvalue weighted by Crippen LogP contribution is 2.41. The fraction of sp³-hybridized carbons (Fsp3) is 0. The minimum Gasteiger partial charge on any atom is -0.397 e. The second-order valence-corrected chi connectivity index (χ2v) is 7.90. The van der Waals surface area contributed by atoms with Crippen molar-refractivity contribution < 1.29 is 4.79 Å². The lowest BCUT2D eigenvalue weighted by atomic mass is 10.2. The monoisotopic (exact) mass is 438 g/mol. The van der Waals surface area contributed by atoms with Gasteiger partial charge in [0.15, 0.2) is 0 Å². The number of thiophene rings is 1. The molecule has 0 spiro atoms. The van der Waals surface area contributed by atoms with Crippen LogP contribution in [-0.4, -0.2) is 5.91 Å². The van der Waals surface area contributed by atoms with Gasteiger partial charge in [-0.1, -0.05) is 58.0 Å². The first-order valence-corrected chi connectivity index (χ1v) is 9.11. The van der Waals surface area contributed by atoms with Crippen LogP contribution >= 0.6 is 69.3 Å². The molecule has 3 nitrogen and oxygen atoms in total. The first-order valence-electron chi connectivity index (χ1n) is 6.41. The molecule has 0 fully saturated rings. The molecule has 24 heavy (non-hydrogen) atoms. The van der Waals surface area contributed by atoms with Crippen LogP contribution in [-0.2, 0) is 0 Å². The number of amides is 1. The van der Waals surface area contributed by atoms with Crippen molar-refractivity contribution in [1.82, 2.24) is 0 Å². The van der Waals surface area contributed by atoms with E-state index in [-0.39, 0.29) is 15.1 Å². The Balaban J connectivity index is 2.02. The molecule has 0 aliphatic carbocycles. The Morgan fingerprint density at radius 3 is 2.38 bits per heavy atom. The Morgan fingerprint density at radius 2 is 1.67 bits per heavy atom. The minimum absolute atomic E-state index is 0.256. The molecule has 0 unspecified atom stereocenters. The van der Waals surface area contributed by atoms with Crippen molar-refractivity contribution >= 4 is 96.7 Å². The maximum absolute atomic E-state index is 12.6. The summed E-state index contributed by atoms with van der Waals surface area (Å²) >= 11 is 31.7. The third-order valence-electron chi connectivity index (χ3n) is 3.19. The Kier molecular flexibility index (Phi) is 5.07. The van der Waals surface area contributed by atoms with Crippen molar-refractivity contribution in [3.05, 3.63) is 54.3 Å². The average Bonchev–Trinajstić information content (AvgIpc) is 2.81. The van der Waals surface area contributed by atoms with Gasteiger partial charge in [0.25, 0.3) is 5.91 Å². The molecule has 0 atom stereocenters. The van der Waals surface area contributed by atoms with E-state index < -0.39 is 5.91 Å². The molecule has 0 aliphatic rings. The van der Waals surface area contributed by atoms with Gasteiger partial charge in [-0.2, -0.15) is 0 Å². The predicted molar refractivity (Wildman–Crippen MR) is 106 cm³/mol. The van der Waals surface area contributed by atoms with E-state index >= 15 is 0 Å². The second kappa shape index (κ2) is 6.79. The van der Waals surface area contributed by atoms with Crippen molar-refractivity contribution in [2.24, 2.45) is 0 Å². The molecule has 0 saturated heterocycles. The number of nitrogens with two attached hydrogens (primary N) is 1. The van der Waals surface area contributed by atoms with Gasteiger partial charge in [0.1, 0.15) is 4.88 Å². The van der Waals surface area contributed by atoms with Crippen LogP contribution in [0, 0.1) is 0 Å². The van der Waals surface area contributed by atoms with Gasteiger partial charge in [0.05, 0.1) is 31.5 Å². The summed E-state index contributed by atoms with van der Waals surface area (Å²) in [6.07, 6.45) is 0. The molecule has 0 saturated carbocycles. The van der Waals surface area contributed by atoms with Crippen LogP contribution in [0.3, 0.4) is 0 Å². The smallest absolute Gasteiger partial charge is 0.267 e. The van der Waals surface area contributed by atoms with Crippen LogP contribution in [0.4, 0.5) is 11.4 Å². The predicted octanol–water partition coefficient (Wildman–Crippen LogP) is 7.00. The Hall–Kier alpha value is -0.880. The highest BCUT2D eigenvalue weighted by atomic mass is 35.5. The van der Waals surface area contributed by atoms with Crippen molar-refractivity contribution in [3.63, 3.8) is 0 Å². The summed E-state index contributed by atoms with van der Waals surface area (Å²) in [7, 11) is 0. The Morgan fingerprint density at radius 1 is 0.958 bits per heavy atom. The van der Waals surface area contributed by atoms with E-state index in [2.05, 4.69) is 5.32 Å². The second-order valence-electron chi connectivity index (χ2n) is 4.81. The van der Waals surface area contributed by atoms with Crippen LogP contribution < -0.4 is 11.1 Å². The third kappa shape index (κ3) is 3.27. The topological polar surface area (TPSA) is 55.1 Å². The van der Waals surface area contributed by atoms with Gasteiger partial charge in [-0.25, -0.2) is 0 Å². The lowest BCUT2D eigenvalue weighted by Crippen LogP contribution is -2.11. The number of fused-ring (bicyclic) bond motifs is 1. The van der Waals surface area contributed by atoms with Crippen molar-refractivity contribution in [2.45, 2.75) is 0 Å². The maximum Gasteiger partial charge on any atom is 0.267 e.